The molecule has 1 aliphatic heterocycles. The van der Waals surface area contributed by atoms with E-state index in [-0.39, 0.29) is 42.6 Å². The van der Waals surface area contributed by atoms with Gasteiger partial charge in [-0.05, 0) is 38.8 Å². The smallest absolute Gasteiger partial charge is 0.328 e. The van der Waals surface area contributed by atoms with Crippen LogP contribution in [0.4, 0.5) is 5.69 Å². The number of amides is 1. The predicted molar refractivity (Wildman–Crippen MR) is 97.9 cm³/mol. The number of halogens is 2. The monoisotopic (exact) mass is 377 g/mol. The van der Waals surface area contributed by atoms with Crippen molar-refractivity contribution in [3.05, 3.63) is 24.5 Å². The summed E-state index contributed by atoms with van der Waals surface area (Å²) in [4.78, 5) is 30.0. The number of piperidine rings is 1. The van der Waals surface area contributed by atoms with Gasteiger partial charge in [-0.3, -0.25) is 9.78 Å². The van der Waals surface area contributed by atoms with Gasteiger partial charge in [0.1, 0.15) is 6.04 Å². The molecule has 136 valence electrons. The van der Waals surface area contributed by atoms with Gasteiger partial charge in [-0.2, -0.15) is 0 Å². The normalized spacial score (nSPS) is 15.5. The Bertz CT molecular complexity index is 509. The number of rotatable bonds is 5. The Balaban J connectivity index is 0.00000264. The van der Waals surface area contributed by atoms with E-state index in [4.69, 9.17) is 4.74 Å². The van der Waals surface area contributed by atoms with E-state index in [0.717, 1.165) is 31.6 Å². The Hall–Kier alpha value is -1.53. The predicted octanol–water partition coefficient (Wildman–Crippen LogP) is 2.21. The SMILES string of the molecule is CCOC(=O)C(C)NC(=O)C1CCN(c2ccncc2)CC1.Cl.Cl. The first kappa shape index (κ1) is 22.5. The summed E-state index contributed by atoms with van der Waals surface area (Å²) in [5, 5.41) is 2.75. The first-order valence-corrected chi connectivity index (χ1v) is 7.73. The van der Waals surface area contributed by atoms with Crippen LogP contribution in [-0.4, -0.2) is 42.6 Å². The fraction of sp³-hybridized carbons (Fsp3) is 0.562. The molecule has 0 spiro atoms. The molecule has 0 aromatic carbocycles. The summed E-state index contributed by atoms with van der Waals surface area (Å²) in [6, 6.07) is 3.36. The lowest BCUT2D eigenvalue weighted by molar-refractivity contribution is -0.147. The van der Waals surface area contributed by atoms with E-state index in [9.17, 15) is 9.59 Å². The summed E-state index contributed by atoms with van der Waals surface area (Å²) >= 11 is 0. The van der Waals surface area contributed by atoms with Gasteiger partial charge < -0.3 is 15.0 Å². The van der Waals surface area contributed by atoms with Crippen LogP contribution < -0.4 is 10.2 Å². The highest BCUT2D eigenvalue weighted by atomic mass is 35.5. The Morgan fingerprint density at radius 3 is 2.42 bits per heavy atom. The first-order chi connectivity index (χ1) is 10.6. The van der Waals surface area contributed by atoms with Gasteiger partial charge >= 0.3 is 5.97 Å². The molecule has 0 saturated carbocycles. The molecular formula is C16H25Cl2N3O3. The maximum Gasteiger partial charge on any atom is 0.328 e. The summed E-state index contributed by atoms with van der Waals surface area (Å²) in [5.74, 6) is -0.491. The molecule has 1 saturated heterocycles. The quantitative estimate of drug-likeness (QED) is 0.796. The van der Waals surface area contributed by atoms with Crippen molar-refractivity contribution < 1.29 is 14.3 Å². The van der Waals surface area contributed by atoms with Crippen LogP contribution >= 0.6 is 24.8 Å². The lowest BCUT2D eigenvalue weighted by Gasteiger charge is -2.33. The average Bonchev–Trinajstić information content (AvgIpc) is 2.56. The molecule has 1 unspecified atom stereocenters. The van der Waals surface area contributed by atoms with Crippen molar-refractivity contribution in [2.24, 2.45) is 5.92 Å². The van der Waals surface area contributed by atoms with Crippen LogP contribution in [0.2, 0.25) is 0 Å². The van der Waals surface area contributed by atoms with Crippen LogP contribution in [0.1, 0.15) is 26.7 Å². The molecule has 6 nitrogen and oxygen atoms in total. The van der Waals surface area contributed by atoms with Crippen molar-refractivity contribution in [2.45, 2.75) is 32.7 Å². The van der Waals surface area contributed by atoms with Crippen LogP contribution in [0.15, 0.2) is 24.5 Å². The molecule has 0 bridgehead atoms. The van der Waals surface area contributed by atoms with Crippen molar-refractivity contribution in [1.82, 2.24) is 10.3 Å². The fourth-order valence-corrected chi connectivity index (χ4v) is 2.61. The van der Waals surface area contributed by atoms with E-state index in [1.54, 1.807) is 26.2 Å². The number of pyridine rings is 1. The Labute approximate surface area is 155 Å². The molecule has 1 aromatic heterocycles. The molecule has 1 aromatic rings. The minimum atomic E-state index is -0.592. The highest BCUT2D eigenvalue weighted by Gasteiger charge is 2.27. The Morgan fingerprint density at radius 2 is 1.88 bits per heavy atom. The van der Waals surface area contributed by atoms with Crippen LogP contribution in [0.3, 0.4) is 0 Å². The standard InChI is InChI=1S/C16H23N3O3.2ClH/c1-3-22-16(21)12(2)18-15(20)13-6-10-19(11-7-13)14-4-8-17-9-5-14;;/h4-5,8-9,12-13H,3,6-7,10-11H2,1-2H3,(H,18,20);2*1H. The van der Waals surface area contributed by atoms with Gasteiger partial charge in [0.2, 0.25) is 5.91 Å². The second-order valence-electron chi connectivity index (χ2n) is 5.45. The number of nitrogens with one attached hydrogen (secondary N) is 1. The van der Waals surface area contributed by atoms with E-state index in [0.29, 0.717) is 6.61 Å². The number of hydrogen-bond acceptors (Lipinski definition) is 5. The number of carbonyl (C=O) groups is 2. The molecule has 24 heavy (non-hydrogen) atoms. The average molecular weight is 378 g/mol. The van der Waals surface area contributed by atoms with Crippen LogP contribution in [0, 0.1) is 5.92 Å². The third kappa shape index (κ3) is 6.17. The lowest BCUT2D eigenvalue weighted by Crippen LogP contribution is -2.46. The molecule has 2 rings (SSSR count). The number of hydrogen-bond donors (Lipinski definition) is 1. The molecule has 1 amide bonds. The largest absolute Gasteiger partial charge is 0.464 e. The first-order valence-electron chi connectivity index (χ1n) is 7.73. The Kier molecular flexibility index (Phi) is 10.4. The maximum absolute atomic E-state index is 12.2. The van der Waals surface area contributed by atoms with Crippen molar-refractivity contribution in [1.29, 1.82) is 0 Å². The minimum absolute atomic E-state index is 0. The molecule has 1 fully saturated rings. The number of anilines is 1. The zero-order chi connectivity index (χ0) is 15.9. The van der Waals surface area contributed by atoms with Gasteiger partial charge in [0, 0.05) is 37.1 Å². The van der Waals surface area contributed by atoms with Crippen molar-refractivity contribution in [2.75, 3.05) is 24.6 Å². The van der Waals surface area contributed by atoms with E-state index in [2.05, 4.69) is 15.2 Å². The lowest BCUT2D eigenvalue weighted by atomic mass is 9.95. The van der Waals surface area contributed by atoms with Crippen LogP contribution in [0.25, 0.3) is 0 Å². The van der Waals surface area contributed by atoms with Crippen molar-refractivity contribution in [3.8, 4) is 0 Å². The molecule has 0 aliphatic carbocycles. The van der Waals surface area contributed by atoms with Crippen molar-refractivity contribution >= 4 is 42.4 Å². The van der Waals surface area contributed by atoms with Gasteiger partial charge in [-0.15, -0.1) is 24.8 Å². The second-order valence-corrected chi connectivity index (χ2v) is 5.45. The minimum Gasteiger partial charge on any atom is -0.464 e. The van der Waals surface area contributed by atoms with Crippen LogP contribution in [-0.2, 0) is 14.3 Å². The number of ether oxygens (including phenoxy) is 1. The van der Waals surface area contributed by atoms with Gasteiger partial charge in [0.15, 0.2) is 0 Å². The van der Waals surface area contributed by atoms with Gasteiger partial charge in [-0.1, -0.05) is 0 Å². The number of esters is 1. The second kappa shape index (κ2) is 11.1. The molecule has 2 heterocycles. The summed E-state index contributed by atoms with van der Waals surface area (Å²) in [7, 11) is 0. The number of nitrogens with zero attached hydrogens (tertiary/aromatic N) is 2. The van der Waals surface area contributed by atoms with E-state index in [1.165, 1.54) is 0 Å². The van der Waals surface area contributed by atoms with Crippen LogP contribution in [0.5, 0.6) is 0 Å². The molecule has 0 radical (unpaired) electrons. The topological polar surface area (TPSA) is 71.5 Å². The third-order valence-corrected chi connectivity index (χ3v) is 3.89. The molecule has 1 aliphatic rings. The van der Waals surface area contributed by atoms with E-state index < -0.39 is 6.04 Å². The molecule has 1 atom stereocenters. The zero-order valence-corrected chi connectivity index (χ0v) is 15.6. The molecule has 1 N–H and O–H groups in total. The third-order valence-electron chi connectivity index (χ3n) is 3.89. The molecule has 8 heteroatoms. The van der Waals surface area contributed by atoms with Gasteiger partial charge in [-0.25, -0.2) is 4.79 Å². The summed E-state index contributed by atoms with van der Waals surface area (Å²) in [6.45, 7) is 5.39. The highest BCUT2D eigenvalue weighted by molar-refractivity contribution is 5.86. The summed E-state index contributed by atoms with van der Waals surface area (Å²) in [5.41, 5.74) is 1.13. The zero-order valence-electron chi connectivity index (χ0n) is 13.9. The number of carbonyl (C=O) groups excluding carboxylic acids is 2. The highest BCUT2D eigenvalue weighted by Crippen LogP contribution is 2.22. The fourth-order valence-electron chi connectivity index (χ4n) is 2.61. The maximum atomic E-state index is 12.2. The summed E-state index contributed by atoms with van der Waals surface area (Å²) in [6.07, 6.45) is 5.11. The van der Waals surface area contributed by atoms with Crippen molar-refractivity contribution in [3.63, 3.8) is 0 Å². The number of aromatic nitrogens is 1. The molecular weight excluding hydrogens is 353 g/mol. The van der Waals surface area contributed by atoms with Gasteiger partial charge in [0.25, 0.3) is 0 Å². The summed E-state index contributed by atoms with van der Waals surface area (Å²) < 4.78 is 4.90. The Morgan fingerprint density at radius 1 is 1.29 bits per heavy atom. The van der Waals surface area contributed by atoms with Gasteiger partial charge in [0.05, 0.1) is 6.61 Å². The van der Waals surface area contributed by atoms with E-state index >= 15 is 0 Å². The van der Waals surface area contributed by atoms with E-state index in [1.807, 2.05) is 12.1 Å².